The Kier molecular flexibility index (Phi) is 5.79. The number of halogens is 2. The van der Waals surface area contributed by atoms with E-state index in [9.17, 15) is 23.3 Å². The Labute approximate surface area is 160 Å². The van der Waals surface area contributed by atoms with Gasteiger partial charge in [0.15, 0.2) is 5.78 Å². The predicted octanol–water partition coefficient (Wildman–Crippen LogP) is 3.10. The minimum Gasteiger partial charge on any atom is -0.293 e. The van der Waals surface area contributed by atoms with Gasteiger partial charge in [-0.25, -0.2) is 0 Å². The second-order valence-electron chi connectivity index (χ2n) is 5.18. The Hall–Kier alpha value is -1.59. The van der Waals surface area contributed by atoms with Gasteiger partial charge in [-0.05, 0) is 31.1 Å². The fraction of sp³-hybridized carbons (Fsp3) is 0.286. The van der Waals surface area contributed by atoms with Gasteiger partial charge < -0.3 is 0 Å². The van der Waals surface area contributed by atoms with Gasteiger partial charge >= 0.3 is 10.1 Å². The summed E-state index contributed by atoms with van der Waals surface area (Å²) in [5, 5.41) is 14.4. The number of nitro benzene ring substituents is 1. The maximum atomic E-state index is 12.2. The number of carbonyl (C=O) groups excluding carboxylic acids is 1. The molecular weight excluding hydrogens is 484 g/mol. The summed E-state index contributed by atoms with van der Waals surface area (Å²) in [6.07, 6.45) is 0. The molecule has 1 aliphatic carbocycles. The van der Waals surface area contributed by atoms with Gasteiger partial charge in [-0.1, -0.05) is 43.1 Å². The lowest BCUT2D eigenvalue weighted by Crippen LogP contribution is -2.38. The number of hydrogen-bond acceptors (Lipinski definition) is 7. The molecule has 1 aromatic rings. The Bertz CT molecular complexity index is 910. The molecule has 0 amide bonds. The first-order valence-electron chi connectivity index (χ1n) is 6.82. The number of Topliss-reactive ketones (excluding diaryl/α,β-unsaturated/α-hetero) is 1. The minimum absolute atomic E-state index is 0.139. The summed E-state index contributed by atoms with van der Waals surface area (Å²) in [7, 11) is -4.35. The summed E-state index contributed by atoms with van der Waals surface area (Å²) >= 11 is 6.51. The molecule has 2 atom stereocenters. The highest BCUT2D eigenvalue weighted by Crippen LogP contribution is 2.30. The zero-order chi connectivity index (χ0) is 18.9. The van der Waals surface area contributed by atoms with Crippen LogP contribution in [-0.2, 0) is 19.2 Å². The van der Waals surface area contributed by atoms with Crippen LogP contribution in [0.3, 0.4) is 0 Å². The predicted molar refractivity (Wildman–Crippen MR) is 97.6 cm³/mol. The van der Waals surface area contributed by atoms with Crippen molar-refractivity contribution in [2.75, 3.05) is 0 Å². The molecule has 0 saturated carbocycles. The number of oxime groups is 1. The average molecular weight is 496 g/mol. The van der Waals surface area contributed by atoms with Crippen LogP contribution >= 0.6 is 31.9 Å². The van der Waals surface area contributed by atoms with E-state index in [0.29, 0.717) is 11.1 Å². The molecule has 0 spiro atoms. The first-order chi connectivity index (χ1) is 11.6. The molecule has 0 fully saturated rings. The standard InChI is InChI=1S/C14H12Br2N2O6S/c1-7-8(2)14(19)12(16)11(15)13(7)17-24-25(22,23)10-5-3-4-9(6-10)18(20)21/h3-6,11-12H,1-2H3. The van der Waals surface area contributed by atoms with Crippen molar-refractivity contribution in [3.63, 3.8) is 0 Å². The first-order valence-corrected chi connectivity index (χ1v) is 10.1. The zero-order valence-electron chi connectivity index (χ0n) is 13.0. The molecule has 0 bridgehead atoms. The maximum absolute atomic E-state index is 12.2. The summed E-state index contributed by atoms with van der Waals surface area (Å²) in [5.74, 6) is -0.139. The quantitative estimate of drug-likeness (QED) is 0.360. The van der Waals surface area contributed by atoms with Crippen LogP contribution in [0.1, 0.15) is 13.8 Å². The molecule has 1 aliphatic rings. The molecule has 0 radical (unpaired) electrons. The van der Waals surface area contributed by atoms with Crippen molar-refractivity contribution >= 4 is 59.2 Å². The number of nitro groups is 1. The van der Waals surface area contributed by atoms with Crippen LogP contribution in [0.5, 0.6) is 0 Å². The van der Waals surface area contributed by atoms with Gasteiger partial charge in [-0.15, -0.1) is 0 Å². The Balaban J connectivity index is 2.38. The molecule has 25 heavy (non-hydrogen) atoms. The second-order valence-corrected chi connectivity index (χ2v) is 8.68. The van der Waals surface area contributed by atoms with E-state index in [0.717, 1.165) is 12.1 Å². The fourth-order valence-corrected chi connectivity index (χ4v) is 4.10. The molecule has 134 valence electrons. The van der Waals surface area contributed by atoms with Crippen molar-refractivity contribution < 1.29 is 22.4 Å². The summed E-state index contributed by atoms with van der Waals surface area (Å²) in [6, 6.07) is 4.45. The van der Waals surface area contributed by atoms with E-state index in [4.69, 9.17) is 4.28 Å². The van der Waals surface area contributed by atoms with Crippen molar-refractivity contribution in [1.29, 1.82) is 0 Å². The zero-order valence-corrected chi connectivity index (χ0v) is 17.0. The van der Waals surface area contributed by atoms with Crippen LogP contribution in [0.25, 0.3) is 0 Å². The molecule has 2 unspecified atom stereocenters. The number of nitrogens with zero attached hydrogens (tertiary/aromatic N) is 2. The number of hydrogen-bond donors (Lipinski definition) is 0. The fourth-order valence-electron chi connectivity index (χ4n) is 2.07. The maximum Gasteiger partial charge on any atom is 0.358 e. The second kappa shape index (κ2) is 7.34. The van der Waals surface area contributed by atoms with E-state index < -0.39 is 29.6 Å². The molecular formula is C14H12Br2N2O6S. The van der Waals surface area contributed by atoms with Gasteiger partial charge in [0.1, 0.15) is 4.90 Å². The van der Waals surface area contributed by atoms with Gasteiger partial charge in [0.25, 0.3) is 5.69 Å². The van der Waals surface area contributed by atoms with Crippen LogP contribution in [0.4, 0.5) is 5.69 Å². The molecule has 0 saturated heterocycles. The summed E-state index contributed by atoms with van der Waals surface area (Å²) in [4.78, 5) is 20.5. The normalized spacial score (nSPS) is 23.0. The first kappa shape index (κ1) is 19.7. The number of non-ortho nitro benzene ring substituents is 1. The number of rotatable bonds is 4. The molecule has 0 aromatic heterocycles. The summed E-state index contributed by atoms with van der Waals surface area (Å²) < 4.78 is 29.2. The molecule has 0 heterocycles. The van der Waals surface area contributed by atoms with Gasteiger partial charge in [-0.2, -0.15) is 8.42 Å². The Morgan fingerprint density at radius 3 is 2.44 bits per heavy atom. The van der Waals surface area contributed by atoms with Crippen molar-refractivity contribution in [2.24, 2.45) is 5.16 Å². The van der Waals surface area contributed by atoms with Crippen LogP contribution in [0.15, 0.2) is 45.5 Å². The highest BCUT2D eigenvalue weighted by Gasteiger charge is 2.36. The Morgan fingerprint density at radius 1 is 1.20 bits per heavy atom. The lowest BCUT2D eigenvalue weighted by molar-refractivity contribution is -0.385. The highest BCUT2D eigenvalue weighted by molar-refractivity contribution is 9.12. The van der Waals surface area contributed by atoms with E-state index in [-0.39, 0.29) is 17.2 Å². The Morgan fingerprint density at radius 2 is 1.84 bits per heavy atom. The van der Waals surface area contributed by atoms with Crippen molar-refractivity contribution in [3.05, 3.63) is 45.5 Å². The average Bonchev–Trinajstić information content (AvgIpc) is 2.58. The number of allylic oxidation sites excluding steroid dienone is 2. The number of alkyl halides is 2. The van der Waals surface area contributed by atoms with E-state index in [1.807, 2.05) is 0 Å². The SMILES string of the molecule is CC1=C(C)C(=NOS(=O)(=O)c2cccc([N+](=O)[O-])c2)C(Br)C(Br)C1=O. The molecule has 11 heteroatoms. The molecule has 2 rings (SSSR count). The van der Waals surface area contributed by atoms with E-state index >= 15 is 0 Å². The van der Waals surface area contributed by atoms with Gasteiger partial charge in [0.05, 0.1) is 20.3 Å². The highest BCUT2D eigenvalue weighted by atomic mass is 79.9. The minimum atomic E-state index is -4.35. The lowest BCUT2D eigenvalue weighted by Gasteiger charge is -2.25. The molecule has 8 nitrogen and oxygen atoms in total. The van der Waals surface area contributed by atoms with Crippen LogP contribution < -0.4 is 0 Å². The van der Waals surface area contributed by atoms with E-state index in [1.165, 1.54) is 12.1 Å². The number of carbonyl (C=O) groups is 1. The number of ketones is 1. The van der Waals surface area contributed by atoms with Crippen LogP contribution in [0.2, 0.25) is 0 Å². The monoisotopic (exact) mass is 494 g/mol. The van der Waals surface area contributed by atoms with Gasteiger partial charge in [0, 0.05) is 12.1 Å². The summed E-state index contributed by atoms with van der Waals surface area (Å²) in [5.41, 5.74) is 0.795. The molecule has 0 aliphatic heterocycles. The van der Waals surface area contributed by atoms with Gasteiger partial charge in [0.2, 0.25) is 0 Å². The van der Waals surface area contributed by atoms with Crippen molar-refractivity contribution in [3.8, 4) is 0 Å². The van der Waals surface area contributed by atoms with E-state index in [2.05, 4.69) is 37.0 Å². The lowest BCUT2D eigenvalue weighted by atomic mass is 9.91. The molecule has 1 aromatic carbocycles. The van der Waals surface area contributed by atoms with Crippen LogP contribution in [-0.4, -0.2) is 34.5 Å². The third-order valence-electron chi connectivity index (χ3n) is 3.64. The third-order valence-corrected chi connectivity index (χ3v) is 7.35. The molecule has 0 N–H and O–H groups in total. The number of benzene rings is 1. The summed E-state index contributed by atoms with van der Waals surface area (Å²) in [6.45, 7) is 3.23. The third kappa shape index (κ3) is 3.98. The smallest absolute Gasteiger partial charge is 0.293 e. The van der Waals surface area contributed by atoms with Gasteiger partial charge in [-0.3, -0.25) is 19.2 Å². The van der Waals surface area contributed by atoms with Crippen molar-refractivity contribution in [1.82, 2.24) is 0 Å². The topological polar surface area (TPSA) is 116 Å². The largest absolute Gasteiger partial charge is 0.358 e. The van der Waals surface area contributed by atoms with Crippen LogP contribution in [0, 0.1) is 10.1 Å². The van der Waals surface area contributed by atoms with E-state index in [1.54, 1.807) is 13.8 Å². The van der Waals surface area contributed by atoms with Crippen molar-refractivity contribution in [2.45, 2.75) is 28.4 Å².